The summed E-state index contributed by atoms with van der Waals surface area (Å²) in [6, 6.07) is 7.28. The molecule has 1 atom stereocenters. The minimum atomic E-state index is -0.732. The van der Waals surface area contributed by atoms with Crippen molar-refractivity contribution in [1.29, 1.82) is 0 Å². The molecule has 2 aromatic rings. The summed E-state index contributed by atoms with van der Waals surface area (Å²) < 4.78 is 7.37. The van der Waals surface area contributed by atoms with E-state index < -0.39 is 23.3 Å². The van der Waals surface area contributed by atoms with Gasteiger partial charge in [-0.2, -0.15) is 0 Å². The van der Waals surface area contributed by atoms with Crippen LogP contribution >= 0.6 is 0 Å². The Balaban J connectivity index is 2.28. The van der Waals surface area contributed by atoms with Crippen molar-refractivity contribution in [3.05, 3.63) is 36.0 Å². The molecular weight excluding hydrogens is 342 g/mol. The molecule has 0 aliphatic rings. The van der Waals surface area contributed by atoms with E-state index in [0.29, 0.717) is 6.42 Å². The quantitative estimate of drug-likeness (QED) is 0.861. The molecule has 0 saturated carbocycles. The monoisotopic (exact) mass is 373 g/mol. The topological polar surface area (TPSA) is 72.4 Å². The molecule has 0 aliphatic heterocycles. The summed E-state index contributed by atoms with van der Waals surface area (Å²) in [5, 5.41) is 6.75. The maximum Gasteiger partial charge on any atom is 0.408 e. The van der Waals surface area contributed by atoms with Gasteiger partial charge < -0.3 is 19.9 Å². The van der Waals surface area contributed by atoms with Gasteiger partial charge in [0.05, 0.1) is 0 Å². The van der Waals surface area contributed by atoms with E-state index in [1.807, 2.05) is 62.8 Å². The zero-order valence-corrected chi connectivity index (χ0v) is 17.3. The van der Waals surface area contributed by atoms with Crippen molar-refractivity contribution in [3.8, 4) is 0 Å². The Morgan fingerprint density at radius 3 is 2.33 bits per heavy atom. The normalized spacial score (nSPS) is 13.3. The number of aromatic nitrogens is 1. The number of ether oxygens (including phenoxy) is 1. The second-order valence-electron chi connectivity index (χ2n) is 8.92. The molecular formula is C21H31N3O3. The van der Waals surface area contributed by atoms with Crippen molar-refractivity contribution >= 4 is 22.9 Å². The van der Waals surface area contributed by atoms with Gasteiger partial charge in [0, 0.05) is 36.1 Å². The van der Waals surface area contributed by atoms with Gasteiger partial charge in [0.2, 0.25) is 5.91 Å². The number of amides is 2. The van der Waals surface area contributed by atoms with Gasteiger partial charge in [-0.3, -0.25) is 4.79 Å². The standard InChI is InChI=1S/C21H31N3O3/c1-20(2,3)23-18(25)16(22-19(26)27-21(4,5)6)12-14-13-24(7)17-11-9-8-10-15(14)17/h8-11,13,16H,12H2,1-7H3,(H,22,26)(H,23,25)/t16-/m0/s1. The number of nitrogens with zero attached hydrogens (tertiary/aromatic N) is 1. The number of hydrogen-bond donors (Lipinski definition) is 2. The molecule has 1 heterocycles. The Hall–Kier alpha value is -2.50. The van der Waals surface area contributed by atoms with Crippen LogP contribution in [-0.4, -0.2) is 33.7 Å². The van der Waals surface area contributed by atoms with Gasteiger partial charge in [0.15, 0.2) is 0 Å². The van der Waals surface area contributed by atoms with E-state index >= 15 is 0 Å². The Morgan fingerprint density at radius 1 is 1.11 bits per heavy atom. The highest BCUT2D eigenvalue weighted by atomic mass is 16.6. The number of fused-ring (bicyclic) bond motifs is 1. The van der Waals surface area contributed by atoms with Gasteiger partial charge >= 0.3 is 6.09 Å². The minimum absolute atomic E-state index is 0.235. The number of nitrogens with one attached hydrogen (secondary N) is 2. The second kappa shape index (κ2) is 7.62. The SMILES string of the molecule is Cn1cc(C[C@H](NC(=O)OC(C)(C)C)C(=O)NC(C)(C)C)c2ccccc21. The third-order valence-corrected chi connectivity index (χ3v) is 3.91. The van der Waals surface area contributed by atoms with Crippen LogP contribution in [0.3, 0.4) is 0 Å². The van der Waals surface area contributed by atoms with Gasteiger partial charge in [-0.1, -0.05) is 18.2 Å². The fraction of sp³-hybridized carbons (Fsp3) is 0.524. The van der Waals surface area contributed by atoms with E-state index in [-0.39, 0.29) is 5.91 Å². The van der Waals surface area contributed by atoms with Gasteiger partial charge in [0.25, 0.3) is 0 Å². The van der Waals surface area contributed by atoms with E-state index in [4.69, 9.17) is 4.74 Å². The highest BCUT2D eigenvalue weighted by Crippen LogP contribution is 2.22. The molecule has 6 nitrogen and oxygen atoms in total. The first-order chi connectivity index (χ1) is 12.4. The Morgan fingerprint density at radius 2 is 1.74 bits per heavy atom. The molecule has 0 fully saturated rings. The van der Waals surface area contributed by atoms with Crippen LogP contribution in [0, 0.1) is 0 Å². The largest absolute Gasteiger partial charge is 0.444 e. The van der Waals surface area contributed by atoms with Crippen molar-refractivity contribution < 1.29 is 14.3 Å². The number of hydrogen-bond acceptors (Lipinski definition) is 3. The summed E-state index contributed by atoms with van der Waals surface area (Å²) in [5.41, 5.74) is 1.05. The molecule has 1 aromatic heterocycles. The lowest BCUT2D eigenvalue weighted by molar-refractivity contribution is -0.124. The van der Waals surface area contributed by atoms with Crippen LogP contribution in [0.5, 0.6) is 0 Å². The molecule has 0 radical (unpaired) electrons. The van der Waals surface area contributed by atoms with E-state index in [9.17, 15) is 9.59 Å². The number of carbonyl (C=O) groups excluding carboxylic acids is 2. The fourth-order valence-electron chi connectivity index (χ4n) is 2.92. The van der Waals surface area contributed by atoms with Crippen LogP contribution in [0.2, 0.25) is 0 Å². The van der Waals surface area contributed by atoms with Crippen molar-refractivity contribution in [2.75, 3.05) is 0 Å². The number of aryl methyl sites for hydroxylation is 1. The summed E-state index contributed by atoms with van der Waals surface area (Å²) in [4.78, 5) is 25.1. The Bertz CT molecular complexity index is 825. The van der Waals surface area contributed by atoms with Crippen molar-refractivity contribution in [2.45, 2.75) is 65.1 Å². The average Bonchev–Trinajstić information content (AvgIpc) is 2.80. The zero-order valence-electron chi connectivity index (χ0n) is 17.3. The van der Waals surface area contributed by atoms with Crippen molar-refractivity contribution in [2.24, 2.45) is 7.05 Å². The molecule has 1 aromatic carbocycles. The summed E-state index contributed by atoms with van der Waals surface area (Å²) in [6.45, 7) is 11.1. The smallest absolute Gasteiger partial charge is 0.408 e. The van der Waals surface area contributed by atoms with E-state index in [1.54, 1.807) is 20.8 Å². The van der Waals surface area contributed by atoms with E-state index in [0.717, 1.165) is 16.5 Å². The Labute approximate surface area is 161 Å². The molecule has 27 heavy (non-hydrogen) atoms. The molecule has 0 spiro atoms. The van der Waals surface area contributed by atoms with Gasteiger partial charge in [-0.25, -0.2) is 4.79 Å². The van der Waals surface area contributed by atoms with Crippen LogP contribution in [0.1, 0.15) is 47.1 Å². The number of carbonyl (C=O) groups is 2. The predicted molar refractivity (Wildman–Crippen MR) is 108 cm³/mol. The maximum absolute atomic E-state index is 12.8. The molecule has 0 saturated heterocycles. The number of para-hydroxylation sites is 1. The molecule has 0 unspecified atom stereocenters. The van der Waals surface area contributed by atoms with Crippen LogP contribution < -0.4 is 10.6 Å². The lowest BCUT2D eigenvalue weighted by atomic mass is 10.0. The van der Waals surface area contributed by atoms with E-state index in [1.165, 1.54) is 0 Å². The third kappa shape index (κ3) is 6.01. The zero-order chi connectivity index (χ0) is 20.4. The highest BCUT2D eigenvalue weighted by molar-refractivity contribution is 5.89. The average molecular weight is 373 g/mol. The van der Waals surface area contributed by atoms with E-state index in [2.05, 4.69) is 10.6 Å². The molecule has 0 aliphatic carbocycles. The minimum Gasteiger partial charge on any atom is -0.444 e. The lowest BCUT2D eigenvalue weighted by Crippen LogP contribution is -2.53. The molecule has 2 rings (SSSR count). The van der Waals surface area contributed by atoms with Crippen LogP contribution in [0.15, 0.2) is 30.5 Å². The van der Waals surface area contributed by atoms with Gasteiger partial charge in [-0.05, 0) is 53.2 Å². The first-order valence-corrected chi connectivity index (χ1v) is 9.20. The summed E-state index contributed by atoms with van der Waals surface area (Å²) >= 11 is 0. The van der Waals surface area contributed by atoms with Crippen LogP contribution in [-0.2, 0) is 23.0 Å². The first kappa shape index (κ1) is 20.8. The fourth-order valence-corrected chi connectivity index (χ4v) is 2.92. The van der Waals surface area contributed by atoms with Crippen LogP contribution in [0.4, 0.5) is 4.79 Å². The first-order valence-electron chi connectivity index (χ1n) is 9.20. The number of benzene rings is 1. The molecule has 2 N–H and O–H groups in total. The lowest BCUT2D eigenvalue weighted by Gasteiger charge is -2.27. The van der Waals surface area contributed by atoms with Crippen molar-refractivity contribution in [3.63, 3.8) is 0 Å². The highest BCUT2D eigenvalue weighted by Gasteiger charge is 2.28. The number of rotatable bonds is 4. The second-order valence-corrected chi connectivity index (χ2v) is 8.92. The molecule has 0 bridgehead atoms. The Kier molecular flexibility index (Phi) is 5.88. The van der Waals surface area contributed by atoms with Crippen molar-refractivity contribution in [1.82, 2.24) is 15.2 Å². The number of alkyl carbamates (subject to hydrolysis) is 1. The predicted octanol–water partition coefficient (Wildman–Crippen LogP) is 3.53. The summed E-state index contributed by atoms with van der Waals surface area (Å²) in [7, 11) is 1.97. The van der Waals surface area contributed by atoms with Gasteiger partial charge in [-0.15, -0.1) is 0 Å². The molecule has 6 heteroatoms. The molecule has 148 valence electrons. The summed E-state index contributed by atoms with van der Waals surface area (Å²) in [5.74, 6) is -0.235. The van der Waals surface area contributed by atoms with Crippen LogP contribution in [0.25, 0.3) is 10.9 Å². The summed E-state index contributed by atoms with van der Waals surface area (Å²) in [6.07, 6.45) is 1.78. The van der Waals surface area contributed by atoms with Gasteiger partial charge in [0.1, 0.15) is 11.6 Å². The third-order valence-electron chi connectivity index (χ3n) is 3.91. The molecule has 2 amide bonds. The maximum atomic E-state index is 12.8.